The molecule has 41 heavy (non-hydrogen) atoms. The highest BCUT2D eigenvalue weighted by molar-refractivity contribution is 6.69. The Bertz CT molecular complexity index is 1300. The minimum atomic E-state index is -2.05. The summed E-state index contributed by atoms with van der Waals surface area (Å²) in [4.78, 5) is 4.51. The molecule has 0 spiro atoms. The van der Waals surface area contributed by atoms with E-state index in [4.69, 9.17) is 6.58 Å². The van der Waals surface area contributed by atoms with Crippen molar-refractivity contribution >= 4 is 20.5 Å². The lowest BCUT2D eigenvalue weighted by Crippen LogP contribution is -2.60. The molecule has 0 bridgehead atoms. The first kappa shape index (κ1) is 31.0. The van der Waals surface area contributed by atoms with E-state index in [1.807, 2.05) is 0 Å². The van der Waals surface area contributed by atoms with Crippen LogP contribution in [0.2, 0.25) is 0 Å². The van der Waals surface area contributed by atoms with E-state index >= 15 is 0 Å². The van der Waals surface area contributed by atoms with Crippen LogP contribution in [-0.2, 0) is 0 Å². The van der Waals surface area contributed by atoms with Crippen molar-refractivity contribution in [2.24, 2.45) is 0 Å². The van der Waals surface area contributed by atoms with E-state index in [0.29, 0.717) is 23.7 Å². The van der Waals surface area contributed by atoms with Crippen molar-refractivity contribution in [3.63, 3.8) is 0 Å². The fourth-order valence-electron chi connectivity index (χ4n) is 6.39. The number of rotatable bonds is 8. The second kappa shape index (κ2) is 12.1. The summed E-state index contributed by atoms with van der Waals surface area (Å²) < 4.78 is 5.44. The van der Waals surface area contributed by atoms with Crippen molar-refractivity contribution in [1.82, 2.24) is 9.80 Å². The minimum Gasteiger partial charge on any atom is -0.355 e. The number of benzene rings is 2. The first-order valence-electron chi connectivity index (χ1n) is 15.4. The third-order valence-electron chi connectivity index (χ3n) is 8.88. The lowest BCUT2D eigenvalue weighted by Gasteiger charge is -2.49. The molecule has 2 aromatic carbocycles. The van der Waals surface area contributed by atoms with E-state index < -0.39 is 9.12 Å². The molecular formula is C36H52N4Si. The molecule has 1 unspecified atom stereocenters. The van der Waals surface area contributed by atoms with Crippen molar-refractivity contribution in [2.45, 2.75) is 99.8 Å². The Kier molecular flexibility index (Phi) is 9.18. The van der Waals surface area contributed by atoms with Gasteiger partial charge in [0.1, 0.15) is 0 Å². The lowest BCUT2D eigenvalue weighted by molar-refractivity contribution is 0.392. The Hall–Kier alpha value is -2.92. The molecule has 4 rings (SSSR count). The van der Waals surface area contributed by atoms with Crippen LogP contribution in [0, 0.1) is 6.67 Å². The minimum absolute atomic E-state index is 0.403. The Labute approximate surface area is 252 Å². The monoisotopic (exact) mass is 568 g/mol. The molecule has 0 N–H and O–H groups in total. The van der Waals surface area contributed by atoms with Crippen LogP contribution in [0.3, 0.4) is 0 Å². The Morgan fingerprint density at radius 2 is 1.10 bits per heavy atom. The van der Waals surface area contributed by atoms with Gasteiger partial charge in [0, 0.05) is 41.2 Å². The second-order valence-electron chi connectivity index (χ2n) is 13.1. The van der Waals surface area contributed by atoms with Crippen LogP contribution in [-0.4, -0.2) is 32.1 Å². The highest BCUT2D eigenvalue weighted by atomic mass is 28.3. The number of hydrogen-bond acceptors (Lipinski definition) is 4. The Balaban J connectivity index is 2.05. The zero-order valence-corrected chi connectivity index (χ0v) is 28.8. The standard InChI is InChI=1S/C36H52N4Si/c1-23(2)31-16-14-17-32(24(3)4)35(31)39-27(9)20-28(10)40(41(39)22-38-21-37(13)29(11)30(38)12)36-33(25(5)6)18-15-19-34(36)26(7)8/h14-20,23-26,41H,9,22H2,1-8,10-13H3. The number of allylic oxidation sites excluding steroid dienone is 4. The van der Waals surface area contributed by atoms with Gasteiger partial charge in [-0.25, -0.2) is 0 Å². The fourth-order valence-corrected chi connectivity index (χ4v) is 9.83. The number of hydrogen-bond donors (Lipinski definition) is 0. The average molecular weight is 569 g/mol. The summed E-state index contributed by atoms with van der Waals surface area (Å²) in [5.41, 5.74) is 13.3. The Morgan fingerprint density at radius 3 is 1.46 bits per heavy atom. The molecular weight excluding hydrogens is 517 g/mol. The smallest absolute Gasteiger partial charge is 0.276 e. The van der Waals surface area contributed by atoms with E-state index in [-0.39, 0.29) is 0 Å². The largest absolute Gasteiger partial charge is 0.355 e. The van der Waals surface area contributed by atoms with Gasteiger partial charge in [-0.1, -0.05) is 98.4 Å². The van der Waals surface area contributed by atoms with E-state index in [2.05, 4.69) is 151 Å². The van der Waals surface area contributed by atoms with Gasteiger partial charge in [0.15, 0.2) is 0 Å². The highest BCUT2D eigenvalue weighted by Crippen LogP contribution is 2.45. The van der Waals surface area contributed by atoms with Crippen molar-refractivity contribution in [2.75, 3.05) is 22.3 Å². The van der Waals surface area contributed by atoms with Gasteiger partial charge in [0.2, 0.25) is 6.67 Å². The number of para-hydroxylation sites is 2. The topological polar surface area (TPSA) is 13.0 Å². The van der Waals surface area contributed by atoms with Gasteiger partial charge in [-0.05, 0) is 72.8 Å². The van der Waals surface area contributed by atoms with Gasteiger partial charge in [-0.2, -0.15) is 0 Å². The van der Waals surface area contributed by atoms with Gasteiger partial charge in [-0.15, -0.1) is 0 Å². The zero-order chi connectivity index (χ0) is 30.3. The van der Waals surface area contributed by atoms with Crippen LogP contribution in [0.25, 0.3) is 0 Å². The molecule has 1 atom stereocenters. The molecule has 0 saturated carbocycles. The van der Waals surface area contributed by atoms with Crippen LogP contribution >= 0.6 is 0 Å². The van der Waals surface area contributed by atoms with Gasteiger partial charge >= 0.3 is 0 Å². The molecule has 2 heterocycles. The van der Waals surface area contributed by atoms with E-state index in [1.165, 1.54) is 50.7 Å². The molecule has 4 nitrogen and oxygen atoms in total. The zero-order valence-electron chi connectivity index (χ0n) is 27.6. The maximum atomic E-state index is 4.74. The maximum absolute atomic E-state index is 4.74. The van der Waals surface area contributed by atoms with Gasteiger partial charge in [0.25, 0.3) is 9.12 Å². The molecule has 0 saturated heterocycles. The third-order valence-corrected chi connectivity index (χ3v) is 12.0. The van der Waals surface area contributed by atoms with Gasteiger partial charge in [-0.3, -0.25) is 0 Å². The Morgan fingerprint density at radius 1 is 0.683 bits per heavy atom. The average Bonchev–Trinajstić information content (AvgIpc) is 3.14. The highest BCUT2D eigenvalue weighted by Gasteiger charge is 2.41. The summed E-state index contributed by atoms with van der Waals surface area (Å²) in [6.07, 6.45) is 3.22. The third kappa shape index (κ3) is 5.75. The van der Waals surface area contributed by atoms with E-state index in [9.17, 15) is 0 Å². The summed E-state index contributed by atoms with van der Waals surface area (Å²) in [6, 6.07) is 13.9. The quantitative estimate of drug-likeness (QED) is 0.294. The summed E-state index contributed by atoms with van der Waals surface area (Å²) in [6.45, 7) is 33.7. The van der Waals surface area contributed by atoms with Crippen molar-refractivity contribution < 1.29 is 0 Å². The van der Waals surface area contributed by atoms with Crippen molar-refractivity contribution in [3.05, 3.63) is 101 Å². The van der Waals surface area contributed by atoms with Crippen LogP contribution in [0.1, 0.15) is 122 Å². The predicted molar refractivity (Wildman–Crippen MR) is 180 cm³/mol. The molecule has 0 aromatic heterocycles. The number of nitrogens with zero attached hydrogens (tertiary/aromatic N) is 4. The first-order valence-corrected chi connectivity index (χ1v) is 17.3. The molecule has 2 aliphatic heterocycles. The normalized spacial score (nSPS) is 18.3. The molecule has 0 aliphatic carbocycles. The van der Waals surface area contributed by atoms with Crippen molar-refractivity contribution in [3.8, 4) is 0 Å². The fraction of sp³-hybridized carbons (Fsp3) is 0.472. The molecule has 0 fully saturated rings. The van der Waals surface area contributed by atoms with Gasteiger partial charge < -0.3 is 18.9 Å². The molecule has 2 radical (unpaired) electrons. The van der Waals surface area contributed by atoms with Crippen molar-refractivity contribution in [1.29, 1.82) is 0 Å². The van der Waals surface area contributed by atoms with Gasteiger partial charge in [0.05, 0.1) is 6.17 Å². The molecule has 2 aliphatic rings. The summed E-state index contributed by atoms with van der Waals surface area (Å²) in [5, 5.41) is 0. The molecule has 5 heteroatoms. The maximum Gasteiger partial charge on any atom is 0.276 e. The molecule has 220 valence electrons. The predicted octanol–water partition coefficient (Wildman–Crippen LogP) is 9.18. The van der Waals surface area contributed by atoms with E-state index in [1.54, 1.807) is 0 Å². The number of anilines is 2. The summed E-state index contributed by atoms with van der Waals surface area (Å²) in [7, 11) is 0.0609. The lowest BCUT2D eigenvalue weighted by atomic mass is 9.92. The van der Waals surface area contributed by atoms with Crippen LogP contribution in [0.4, 0.5) is 11.4 Å². The van der Waals surface area contributed by atoms with Crippen LogP contribution in [0.15, 0.2) is 71.8 Å². The summed E-state index contributed by atoms with van der Waals surface area (Å²) >= 11 is 0. The second-order valence-corrected chi connectivity index (χ2v) is 15.5. The molecule has 0 amide bonds. The van der Waals surface area contributed by atoms with Crippen LogP contribution < -0.4 is 9.13 Å². The van der Waals surface area contributed by atoms with Crippen LogP contribution in [0.5, 0.6) is 0 Å². The first-order chi connectivity index (χ1) is 19.3. The molecule has 2 aromatic rings. The SMILES string of the molecule is C=C1C=C(C)N(c2c(C(C)C)cccc2C(C)C)[SiH](CN2[C]N(C)C(C)=C2C)N1c1c(C(C)C)cccc1C(C)C. The van der Waals surface area contributed by atoms with E-state index in [0.717, 1.165) is 11.9 Å². The summed E-state index contributed by atoms with van der Waals surface area (Å²) in [5.74, 6) is 1.64.